The second-order valence-corrected chi connectivity index (χ2v) is 4.37. The molecule has 0 atom stereocenters. The van der Waals surface area contributed by atoms with Gasteiger partial charge in [0.05, 0.1) is 0 Å². The third-order valence-corrected chi connectivity index (χ3v) is 2.76. The summed E-state index contributed by atoms with van der Waals surface area (Å²) in [6.07, 6.45) is 3.97. The molecule has 0 amide bonds. The lowest BCUT2D eigenvalue weighted by atomic mass is 10.1. The van der Waals surface area contributed by atoms with Gasteiger partial charge in [0.25, 0.3) is 0 Å². The van der Waals surface area contributed by atoms with Crippen molar-refractivity contribution < 1.29 is 4.79 Å². The fourth-order valence-electron chi connectivity index (χ4n) is 1.72. The minimum atomic E-state index is 0.128. The average molecular weight is 236 g/mol. The van der Waals surface area contributed by atoms with Crippen molar-refractivity contribution in [3.05, 3.63) is 77.4 Å². The van der Waals surface area contributed by atoms with Crippen molar-refractivity contribution in [2.75, 3.05) is 0 Å². The zero-order valence-electron chi connectivity index (χ0n) is 10.5. The number of hydrogen-bond donors (Lipinski definition) is 0. The summed E-state index contributed by atoms with van der Waals surface area (Å²) >= 11 is 0. The lowest BCUT2D eigenvalue weighted by Gasteiger charge is -1.98. The Morgan fingerprint density at radius 1 is 1.00 bits per heavy atom. The van der Waals surface area contributed by atoms with Crippen LogP contribution >= 0.6 is 0 Å². The van der Waals surface area contributed by atoms with Gasteiger partial charge >= 0.3 is 0 Å². The van der Waals surface area contributed by atoms with Crippen LogP contribution in [-0.2, 0) is 11.2 Å². The Kier molecular flexibility index (Phi) is 4.08. The molecule has 0 aliphatic heterocycles. The van der Waals surface area contributed by atoms with Crippen molar-refractivity contribution in [2.45, 2.75) is 13.3 Å². The molecule has 0 bridgehead atoms. The van der Waals surface area contributed by atoms with Crippen molar-refractivity contribution in [3.63, 3.8) is 0 Å². The molecule has 0 spiro atoms. The maximum absolute atomic E-state index is 11.8. The number of carbonyl (C=O) groups is 1. The molecular weight excluding hydrogens is 220 g/mol. The van der Waals surface area contributed by atoms with E-state index in [0.717, 1.165) is 11.1 Å². The molecule has 1 nitrogen and oxygen atoms in total. The summed E-state index contributed by atoms with van der Waals surface area (Å²) in [6.45, 7) is 2.04. The molecule has 90 valence electrons. The Morgan fingerprint density at radius 2 is 1.67 bits per heavy atom. The van der Waals surface area contributed by atoms with Crippen LogP contribution in [0.1, 0.15) is 16.7 Å². The van der Waals surface area contributed by atoms with Crippen LogP contribution in [0.5, 0.6) is 0 Å². The summed E-state index contributed by atoms with van der Waals surface area (Å²) in [5.41, 5.74) is 3.32. The number of aryl methyl sites for hydroxylation is 1. The topological polar surface area (TPSA) is 17.1 Å². The van der Waals surface area contributed by atoms with Crippen LogP contribution in [0.25, 0.3) is 6.08 Å². The lowest BCUT2D eigenvalue weighted by Crippen LogP contribution is -1.98. The van der Waals surface area contributed by atoms with Gasteiger partial charge in [-0.25, -0.2) is 0 Å². The van der Waals surface area contributed by atoms with E-state index < -0.39 is 0 Å². The first-order valence-corrected chi connectivity index (χ1v) is 6.05. The van der Waals surface area contributed by atoms with Crippen molar-refractivity contribution in [2.24, 2.45) is 0 Å². The highest BCUT2D eigenvalue weighted by molar-refractivity contribution is 5.95. The summed E-state index contributed by atoms with van der Waals surface area (Å²) < 4.78 is 0. The number of carbonyl (C=O) groups excluding carboxylic acids is 1. The zero-order valence-corrected chi connectivity index (χ0v) is 10.5. The molecule has 0 unspecified atom stereocenters. The summed E-state index contributed by atoms with van der Waals surface area (Å²) in [4.78, 5) is 11.8. The molecule has 0 saturated heterocycles. The Hall–Kier alpha value is -2.15. The van der Waals surface area contributed by atoms with Crippen LogP contribution in [0.4, 0.5) is 0 Å². The first kappa shape index (κ1) is 12.3. The zero-order chi connectivity index (χ0) is 12.8. The van der Waals surface area contributed by atoms with Crippen molar-refractivity contribution in [1.29, 1.82) is 0 Å². The Bertz CT molecular complexity index is 536. The quantitative estimate of drug-likeness (QED) is 0.737. The monoisotopic (exact) mass is 236 g/mol. The molecule has 2 aromatic carbocycles. The van der Waals surface area contributed by atoms with Gasteiger partial charge < -0.3 is 0 Å². The van der Waals surface area contributed by atoms with E-state index in [0.29, 0.717) is 6.42 Å². The van der Waals surface area contributed by atoms with Crippen molar-refractivity contribution in [1.82, 2.24) is 0 Å². The first-order chi connectivity index (χ1) is 8.74. The predicted octanol–water partition coefficient (Wildman–Crippen LogP) is 3.82. The molecule has 0 heterocycles. The molecule has 2 aromatic rings. The number of benzene rings is 2. The lowest BCUT2D eigenvalue weighted by molar-refractivity contribution is -0.113. The van der Waals surface area contributed by atoms with E-state index in [1.54, 1.807) is 6.08 Å². The molecule has 2 rings (SSSR count). The number of hydrogen-bond acceptors (Lipinski definition) is 1. The summed E-state index contributed by atoms with van der Waals surface area (Å²) in [7, 11) is 0. The van der Waals surface area contributed by atoms with Crippen LogP contribution in [0, 0.1) is 6.92 Å². The van der Waals surface area contributed by atoms with E-state index in [4.69, 9.17) is 0 Å². The van der Waals surface area contributed by atoms with E-state index in [-0.39, 0.29) is 5.78 Å². The standard InChI is InChI=1S/C17H16O/c1-14-7-9-16(10-8-14)13-17(18)12-11-15-5-3-2-4-6-15/h2-12H,13H2,1H3/b12-11+. The van der Waals surface area contributed by atoms with E-state index in [1.807, 2.05) is 67.6 Å². The third-order valence-electron chi connectivity index (χ3n) is 2.76. The minimum absolute atomic E-state index is 0.128. The van der Waals surface area contributed by atoms with Gasteiger partial charge in [0.2, 0.25) is 0 Å². The molecule has 0 radical (unpaired) electrons. The average Bonchev–Trinajstić information content (AvgIpc) is 2.40. The molecule has 18 heavy (non-hydrogen) atoms. The van der Waals surface area contributed by atoms with Crippen LogP contribution < -0.4 is 0 Å². The maximum Gasteiger partial charge on any atom is 0.160 e. The molecule has 0 aromatic heterocycles. The Balaban J connectivity index is 1.97. The maximum atomic E-state index is 11.8. The van der Waals surface area contributed by atoms with Gasteiger partial charge in [0.15, 0.2) is 5.78 Å². The van der Waals surface area contributed by atoms with E-state index >= 15 is 0 Å². The molecule has 0 aliphatic rings. The molecular formula is C17H16O. The predicted molar refractivity (Wildman–Crippen MR) is 75.4 cm³/mol. The van der Waals surface area contributed by atoms with Gasteiger partial charge in [-0.15, -0.1) is 0 Å². The van der Waals surface area contributed by atoms with E-state index in [2.05, 4.69) is 0 Å². The third kappa shape index (κ3) is 3.70. The normalized spacial score (nSPS) is 10.7. The molecule has 0 fully saturated rings. The van der Waals surface area contributed by atoms with Gasteiger partial charge in [-0.2, -0.15) is 0 Å². The summed E-state index contributed by atoms with van der Waals surface area (Å²) in [5.74, 6) is 0.128. The number of rotatable bonds is 4. The summed E-state index contributed by atoms with van der Waals surface area (Å²) in [6, 6.07) is 17.9. The highest BCUT2D eigenvalue weighted by Crippen LogP contribution is 2.06. The Labute approximate surface area is 108 Å². The second kappa shape index (κ2) is 5.97. The molecule has 0 aliphatic carbocycles. The van der Waals surface area contributed by atoms with Gasteiger partial charge in [0.1, 0.15) is 0 Å². The molecule has 0 N–H and O–H groups in total. The molecule has 1 heteroatoms. The first-order valence-electron chi connectivity index (χ1n) is 6.05. The van der Waals surface area contributed by atoms with Gasteiger partial charge in [-0.1, -0.05) is 66.2 Å². The number of allylic oxidation sites excluding steroid dienone is 1. The SMILES string of the molecule is Cc1ccc(CC(=O)/C=C/c2ccccc2)cc1. The highest BCUT2D eigenvalue weighted by Gasteiger charge is 1.99. The van der Waals surface area contributed by atoms with Gasteiger partial charge in [-0.05, 0) is 24.1 Å². The van der Waals surface area contributed by atoms with Crippen LogP contribution in [-0.4, -0.2) is 5.78 Å². The number of ketones is 1. The minimum Gasteiger partial charge on any atom is -0.294 e. The smallest absolute Gasteiger partial charge is 0.160 e. The van der Waals surface area contributed by atoms with E-state index in [1.165, 1.54) is 5.56 Å². The van der Waals surface area contributed by atoms with Crippen molar-refractivity contribution in [3.8, 4) is 0 Å². The largest absolute Gasteiger partial charge is 0.294 e. The molecule has 0 saturated carbocycles. The summed E-state index contributed by atoms with van der Waals surface area (Å²) in [5, 5.41) is 0. The fourth-order valence-corrected chi connectivity index (χ4v) is 1.72. The van der Waals surface area contributed by atoms with Gasteiger partial charge in [-0.3, -0.25) is 4.79 Å². The van der Waals surface area contributed by atoms with Crippen LogP contribution in [0.15, 0.2) is 60.7 Å². The Morgan fingerprint density at radius 3 is 2.33 bits per heavy atom. The highest BCUT2D eigenvalue weighted by atomic mass is 16.1. The van der Waals surface area contributed by atoms with Crippen LogP contribution in [0.2, 0.25) is 0 Å². The van der Waals surface area contributed by atoms with Crippen molar-refractivity contribution >= 4 is 11.9 Å². The van der Waals surface area contributed by atoms with Gasteiger partial charge in [0, 0.05) is 6.42 Å². The second-order valence-electron chi connectivity index (χ2n) is 4.37. The van der Waals surface area contributed by atoms with Crippen LogP contribution in [0.3, 0.4) is 0 Å². The fraction of sp³-hybridized carbons (Fsp3) is 0.118. The van der Waals surface area contributed by atoms with E-state index in [9.17, 15) is 4.79 Å².